The SMILES string of the molecule is Cc1ccccc1CN(C[C@@H]1CCCO1)C(=O)c1cnc(C2CC2)[nH]c1=O. The van der Waals surface area contributed by atoms with Crippen LogP contribution in [-0.4, -0.2) is 40.0 Å². The number of hydrogen-bond acceptors (Lipinski definition) is 4. The van der Waals surface area contributed by atoms with Crippen LogP contribution in [0.15, 0.2) is 35.3 Å². The number of aryl methyl sites for hydroxylation is 1. The molecule has 1 aromatic heterocycles. The number of H-pyrrole nitrogens is 1. The predicted molar refractivity (Wildman–Crippen MR) is 102 cm³/mol. The summed E-state index contributed by atoms with van der Waals surface area (Å²) < 4.78 is 5.73. The maximum absolute atomic E-state index is 13.2. The number of aromatic amines is 1. The fourth-order valence-corrected chi connectivity index (χ4v) is 3.54. The van der Waals surface area contributed by atoms with Crippen LogP contribution in [0.5, 0.6) is 0 Å². The van der Waals surface area contributed by atoms with Crippen molar-refractivity contribution in [2.45, 2.75) is 51.2 Å². The number of carbonyl (C=O) groups excluding carboxylic acids is 1. The first-order valence-corrected chi connectivity index (χ1v) is 9.66. The zero-order valence-corrected chi connectivity index (χ0v) is 15.6. The third kappa shape index (κ3) is 4.11. The summed E-state index contributed by atoms with van der Waals surface area (Å²) >= 11 is 0. The second-order valence-corrected chi connectivity index (χ2v) is 7.53. The third-order valence-electron chi connectivity index (χ3n) is 5.37. The normalized spacial score (nSPS) is 19.2. The lowest BCUT2D eigenvalue weighted by molar-refractivity contribution is 0.0505. The first-order valence-electron chi connectivity index (χ1n) is 9.66. The molecule has 1 aromatic carbocycles. The monoisotopic (exact) mass is 367 g/mol. The predicted octanol–water partition coefficient (Wildman–Crippen LogP) is 2.78. The molecule has 1 aliphatic carbocycles. The van der Waals surface area contributed by atoms with Gasteiger partial charge in [0, 0.05) is 31.8 Å². The van der Waals surface area contributed by atoms with Crippen molar-refractivity contribution in [3.05, 3.63) is 63.3 Å². The van der Waals surface area contributed by atoms with E-state index in [1.807, 2.05) is 31.2 Å². The van der Waals surface area contributed by atoms with E-state index in [2.05, 4.69) is 9.97 Å². The molecule has 1 atom stereocenters. The van der Waals surface area contributed by atoms with Gasteiger partial charge in [-0.1, -0.05) is 24.3 Å². The summed E-state index contributed by atoms with van der Waals surface area (Å²) in [7, 11) is 0. The van der Waals surface area contributed by atoms with Crippen molar-refractivity contribution in [2.75, 3.05) is 13.2 Å². The van der Waals surface area contributed by atoms with Gasteiger partial charge < -0.3 is 14.6 Å². The average Bonchev–Trinajstić information content (AvgIpc) is 3.39. The molecule has 1 N–H and O–H groups in total. The molecule has 142 valence electrons. The van der Waals surface area contributed by atoms with Crippen LogP contribution in [0.3, 0.4) is 0 Å². The van der Waals surface area contributed by atoms with Crippen molar-refractivity contribution in [1.29, 1.82) is 0 Å². The second kappa shape index (κ2) is 7.64. The van der Waals surface area contributed by atoms with Crippen molar-refractivity contribution in [3.8, 4) is 0 Å². The summed E-state index contributed by atoms with van der Waals surface area (Å²) in [4.78, 5) is 34.5. The van der Waals surface area contributed by atoms with Crippen LogP contribution < -0.4 is 5.56 Å². The van der Waals surface area contributed by atoms with E-state index < -0.39 is 0 Å². The van der Waals surface area contributed by atoms with Gasteiger partial charge in [-0.2, -0.15) is 0 Å². The molecule has 0 radical (unpaired) electrons. The molecule has 1 aliphatic heterocycles. The van der Waals surface area contributed by atoms with Crippen LogP contribution in [0.25, 0.3) is 0 Å². The van der Waals surface area contributed by atoms with Crippen LogP contribution in [0.4, 0.5) is 0 Å². The Morgan fingerprint density at radius 2 is 2.11 bits per heavy atom. The van der Waals surface area contributed by atoms with Gasteiger partial charge in [0.2, 0.25) is 0 Å². The van der Waals surface area contributed by atoms with E-state index >= 15 is 0 Å². The van der Waals surface area contributed by atoms with Gasteiger partial charge in [0.25, 0.3) is 11.5 Å². The molecule has 2 heterocycles. The lowest BCUT2D eigenvalue weighted by Crippen LogP contribution is -2.39. The van der Waals surface area contributed by atoms with E-state index in [0.717, 1.165) is 43.4 Å². The van der Waals surface area contributed by atoms with Crippen LogP contribution in [0.2, 0.25) is 0 Å². The highest BCUT2D eigenvalue weighted by Crippen LogP contribution is 2.37. The number of nitrogens with one attached hydrogen (secondary N) is 1. The first-order chi connectivity index (χ1) is 13.1. The van der Waals surface area contributed by atoms with Gasteiger partial charge in [-0.25, -0.2) is 4.98 Å². The maximum Gasteiger partial charge on any atom is 0.263 e. The fourth-order valence-electron chi connectivity index (χ4n) is 3.54. The number of hydrogen-bond donors (Lipinski definition) is 1. The summed E-state index contributed by atoms with van der Waals surface area (Å²) in [6.45, 7) is 3.70. The third-order valence-corrected chi connectivity index (χ3v) is 5.37. The topological polar surface area (TPSA) is 75.3 Å². The zero-order valence-electron chi connectivity index (χ0n) is 15.6. The average molecular weight is 367 g/mol. The number of ether oxygens (including phenoxy) is 1. The number of nitrogens with zero attached hydrogens (tertiary/aromatic N) is 2. The van der Waals surface area contributed by atoms with Gasteiger partial charge >= 0.3 is 0 Å². The Hall–Kier alpha value is -2.47. The van der Waals surface area contributed by atoms with E-state index in [1.165, 1.54) is 6.20 Å². The van der Waals surface area contributed by atoms with E-state index in [1.54, 1.807) is 4.90 Å². The molecule has 2 aliphatic rings. The fraction of sp³-hybridized carbons (Fsp3) is 0.476. The van der Waals surface area contributed by atoms with Gasteiger partial charge in [-0.05, 0) is 43.7 Å². The van der Waals surface area contributed by atoms with Crippen LogP contribution in [0, 0.1) is 6.92 Å². The Morgan fingerprint density at radius 1 is 1.30 bits per heavy atom. The molecule has 2 aromatic rings. The number of amides is 1. The van der Waals surface area contributed by atoms with Gasteiger partial charge in [-0.3, -0.25) is 9.59 Å². The largest absolute Gasteiger partial charge is 0.376 e. The van der Waals surface area contributed by atoms with E-state index in [9.17, 15) is 9.59 Å². The standard InChI is InChI=1S/C21H25N3O3/c1-14-5-2-3-6-16(14)12-24(13-17-7-4-10-27-17)21(26)18-11-22-19(15-8-9-15)23-20(18)25/h2-3,5-6,11,15,17H,4,7-10,12-13H2,1H3,(H,22,23,25)/t17-/m0/s1. The number of rotatable bonds is 6. The molecule has 2 fully saturated rings. The van der Waals surface area contributed by atoms with Crippen LogP contribution >= 0.6 is 0 Å². The molecule has 1 amide bonds. The smallest absolute Gasteiger partial charge is 0.263 e. The molecule has 1 saturated carbocycles. The highest BCUT2D eigenvalue weighted by Gasteiger charge is 2.29. The number of aromatic nitrogens is 2. The molecule has 4 rings (SSSR count). The van der Waals surface area contributed by atoms with E-state index in [-0.39, 0.29) is 23.1 Å². The molecule has 1 saturated heterocycles. The Kier molecular flexibility index (Phi) is 5.07. The van der Waals surface area contributed by atoms with Gasteiger partial charge in [-0.15, -0.1) is 0 Å². The Balaban J connectivity index is 1.59. The van der Waals surface area contributed by atoms with Crippen molar-refractivity contribution in [2.24, 2.45) is 0 Å². The van der Waals surface area contributed by atoms with E-state index in [4.69, 9.17) is 4.74 Å². The second-order valence-electron chi connectivity index (χ2n) is 7.53. The maximum atomic E-state index is 13.2. The van der Waals surface area contributed by atoms with Crippen molar-refractivity contribution in [1.82, 2.24) is 14.9 Å². The number of carbonyl (C=O) groups is 1. The van der Waals surface area contributed by atoms with E-state index in [0.29, 0.717) is 24.8 Å². The lowest BCUT2D eigenvalue weighted by atomic mass is 10.1. The molecule has 0 bridgehead atoms. The Bertz CT molecular complexity index is 882. The van der Waals surface area contributed by atoms with Crippen LogP contribution in [0.1, 0.15) is 58.9 Å². The lowest BCUT2D eigenvalue weighted by Gasteiger charge is -2.26. The molecule has 6 heteroatoms. The van der Waals surface area contributed by atoms with Crippen molar-refractivity contribution < 1.29 is 9.53 Å². The highest BCUT2D eigenvalue weighted by molar-refractivity contribution is 5.93. The summed E-state index contributed by atoms with van der Waals surface area (Å²) in [6.07, 6.45) is 5.51. The summed E-state index contributed by atoms with van der Waals surface area (Å²) in [5.74, 6) is 0.753. The summed E-state index contributed by atoms with van der Waals surface area (Å²) in [5.41, 5.74) is 1.95. The van der Waals surface area contributed by atoms with Crippen LogP contribution in [-0.2, 0) is 11.3 Å². The molecular formula is C21H25N3O3. The number of benzene rings is 1. The zero-order chi connectivity index (χ0) is 18.8. The van der Waals surface area contributed by atoms with Gasteiger partial charge in [0.15, 0.2) is 0 Å². The molecule has 0 spiro atoms. The summed E-state index contributed by atoms with van der Waals surface area (Å²) in [5, 5.41) is 0. The minimum absolute atomic E-state index is 0.0238. The van der Waals surface area contributed by atoms with Gasteiger partial charge in [0.05, 0.1) is 6.10 Å². The molecule has 27 heavy (non-hydrogen) atoms. The van der Waals surface area contributed by atoms with Crippen molar-refractivity contribution in [3.63, 3.8) is 0 Å². The van der Waals surface area contributed by atoms with Gasteiger partial charge in [0.1, 0.15) is 11.4 Å². The Labute approximate surface area is 158 Å². The minimum atomic E-state index is -0.348. The van der Waals surface area contributed by atoms with Crippen molar-refractivity contribution >= 4 is 5.91 Å². The Morgan fingerprint density at radius 3 is 2.78 bits per heavy atom. The minimum Gasteiger partial charge on any atom is -0.376 e. The molecule has 0 unspecified atom stereocenters. The first kappa shape index (κ1) is 17.9. The molecular weight excluding hydrogens is 342 g/mol. The quantitative estimate of drug-likeness (QED) is 0.852. The molecule has 6 nitrogen and oxygen atoms in total. The highest BCUT2D eigenvalue weighted by atomic mass is 16.5. The summed E-state index contributed by atoms with van der Waals surface area (Å²) in [6, 6.07) is 8.00.